The van der Waals surface area contributed by atoms with Gasteiger partial charge in [-0.15, -0.1) is 0 Å². The fourth-order valence-corrected chi connectivity index (χ4v) is 3.24. The van der Waals surface area contributed by atoms with E-state index in [4.69, 9.17) is 4.74 Å². The van der Waals surface area contributed by atoms with E-state index >= 15 is 0 Å². The van der Waals surface area contributed by atoms with E-state index in [9.17, 15) is 9.59 Å². The van der Waals surface area contributed by atoms with Crippen LogP contribution in [-0.2, 0) is 9.59 Å². The Morgan fingerprint density at radius 2 is 1.76 bits per heavy atom. The molecule has 3 rings (SSSR count). The van der Waals surface area contributed by atoms with E-state index in [1.807, 2.05) is 43.3 Å². The van der Waals surface area contributed by atoms with Crippen molar-refractivity contribution >= 4 is 29.3 Å². The molecule has 152 valence electrons. The molecule has 0 bridgehead atoms. The average molecular weight is 393 g/mol. The highest BCUT2D eigenvalue weighted by Crippen LogP contribution is 2.29. The molecule has 0 atom stereocenters. The van der Waals surface area contributed by atoms with Crippen LogP contribution in [0.1, 0.15) is 32.8 Å². The minimum absolute atomic E-state index is 0.0887. The van der Waals surface area contributed by atoms with Gasteiger partial charge in [-0.2, -0.15) is 0 Å². The number of benzene rings is 2. The molecule has 1 fully saturated rings. The van der Waals surface area contributed by atoms with Gasteiger partial charge in [-0.25, -0.2) is 5.01 Å². The van der Waals surface area contributed by atoms with Crippen LogP contribution in [-0.4, -0.2) is 31.5 Å². The number of rotatable bonds is 8. The van der Waals surface area contributed by atoms with Gasteiger partial charge >= 0.3 is 0 Å². The predicted molar refractivity (Wildman–Crippen MR) is 116 cm³/mol. The smallest absolute Gasteiger partial charge is 0.282 e. The van der Waals surface area contributed by atoms with E-state index in [1.54, 1.807) is 18.2 Å². The molecule has 0 aromatic heterocycles. The highest BCUT2D eigenvalue weighted by atomic mass is 16.5. The summed E-state index contributed by atoms with van der Waals surface area (Å²) in [6.45, 7) is 8.58. The Labute approximate surface area is 171 Å². The van der Waals surface area contributed by atoms with Gasteiger partial charge in [0.2, 0.25) is 0 Å². The molecule has 0 unspecified atom stereocenters. The number of hydrazine groups is 1. The van der Waals surface area contributed by atoms with Crippen LogP contribution < -0.4 is 20.1 Å². The average Bonchev–Trinajstić information content (AvgIpc) is 3.03. The lowest BCUT2D eigenvalue weighted by Gasteiger charge is -2.22. The fourth-order valence-electron chi connectivity index (χ4n) is 3.24. The lowest BCUT2D eigenvalue weighted by atomic mass is 10.1. The van der Waals surface area contributed by atoms with Gasteiger partial charge in [0, 0.05) is 30.4 Å². The topological polar surface area (TPSA) is 61.9 Å². The third kappa shape index (κ3) is 4.42. The van der Waals surface area contributed by atoms with E-state index in [0.717, 1.165) is 25.2 Å². The summed E-state index contributed by atoms with van der Waals surface area (Å²) in [4.78, 5) is 27.5. The first-order chi connectivity index (χ1) is 14.1. The molecule has 0 aliphatic carbocycles. The minimum atomic E-state index is -0.423. The van der Waals surface area contributed by atoms with E-state index in [1.165, 1.54) is 5.01 Å². The van der Waals surface area contributed by atoms with E-state index in [-0.39, 0.29) is 11.5 Å². The van der Waals surface area contributed by atoms with Gasteiger partial charge in [0.25, 0.3) is 11.8 Å². The predicted octanol–water partition coefficient (Wildman–Crippen LogP) is 3.78. The van der Waals surface area contributed by atoms with E-state index < -0.39 is 5.91 Å². The highest BCUT2D eigenvalue weighted by Gasteiger charge is 2.34. The number of carbonyl (C=O) groups is 2. The van der Waals surface area contributed by atoms with Crippen LogP contribution in [0.15, 0.2) is 54.1 Å². The number of hydrogen-bond donors (Lipinski definition) is 1. The molecule has 0 radical (unpaired) electrons. The van der Waals surface area contributed by atoms with Crippen molar-refractivity contribution < 1.29 is 14.3 Å². The molecule has 2 aromatic rings. The number of anilines is 2. The Kier molecular flexibility index (Phi) is 6.54. The molecular weight excluding hydrogens is 366 g/mol. The van der Waals surface area contributed by atoms with Crippen molar-refractivity contribution in [3.05, 3.63) is 59.7 Å². The van der Waals surface area contributed by atoms with Crippen LogP contribution in [0, 0.1) is 0 Å². The molecule has 6 nitrogen and oxygen atoms in total. The van der Waals surface area contributed by atoms with Gasteiger partial charge < -0.3 is 9.64 Å². The molecule has 1 saturated heterocycles. The van der Waals surface area contributed by atoms with Crippen LogP contribution in [0.3, 0.4) is 0 Å². The molecule has 2 aromatic carbocycles. The van der Waals surface area contributed by atoms with Gasteiger partial charge in [-0.05, 0) is 50.6 Å². The summed E-state index contributed by atoms with van der Waals surface area (Å²) in [6, 6.07) is 14.9. The maximum atomic E-state index is 12.8. The van der Waals surface area contributed by atoms with Gasteiger partial charge in [0.1, 0.15) is 11.3 Å². The Morgan fingerprint density at radius 1 is 1.03 bits per heavy atom. The van der Waals surface area contributed by atoms with E-state index in [0.29, 0.717) is 23.6 Å². The molecule has 29 heavy (non-hydrogen) atoms. The monoisotopic (exact) mass is 393 g/mol. The second-order valence-electron chi connectivity index (χ2n) is 6.72. The maximum absolute atomic E-state index is 12.8. The van der Waals surface area contributed by atoms with Crippen LogP contribution in [0.4, 0.5) is 11.4 Å². The molecule has 1 N–H and O–H groups in total. The summed E-state index contributed by atoms with van der Waals surface area (Å²) in [7, 11) is 0. The van der Waals surface area contributed by atoms with Gasteiger partial charge in [-0.3, -0.25) is 15.0 Å². The largest absolute Gasteiger partial charge is 0.493 e. The second kappa shape index (κ2) is 9.28. The second-order valence-corrected chi connectivity index (χ2v) is 6.72. The number of ether oxygens (including phenoxy) is 1. The first-order valence-corrected chi connectivity index (χ1v) is 10.0. The summed E-state index contributed by atoms with van der Waals surface area (Å²) in [5.74, 6) is -0.133. The summed E-state index contributed by atoms with van der Waals surface area (Å²) < 4.78 is 5.93. The summed E-state index contributed by atoms with van der Waals surface area (Å²) >= 11 is 0. The molecule has 1 heterocycles. The molecule has 1 aliphatic heterocycles. The van der Waals surface area contributed by atoms with Crippen LogP contribution >= 0.6 is 0 Å². The Balaban J connectivity index is 1.95. The maximum Gasteiger partial charge on any atom is 0.282 e. The standard InChI is InChI=1S/C23H27N3O3/c1-4-14-29-21-16-19(25(5-2)6-3)13-12-17(21)15-20-22(27)24-26(23(20)28)18-10-8-7-9-11-18/h7-13,15-16H,4-6,14H2,1-3H3,(H,24,27). The third-order valence-corrected chi connectivity index (χ3v) is 4.79. The zero-order valence-electron chi connectivity index (χ0n) is 17.1. The summed E-state index contributed by atoms with van der Waals surface area (Å²) in [6.07, 6.45) is 2.48. The molecule has 1 aliphatic rings. The quantitative estimate of drug-likeness (QED) is 0.548. The van der Waals surface area contributed by atoms with Crippen molar-refractivity contribution in [1.29, 1.82) is 0 Å². The first kappa shape index (κ1) is 20.5. The van der Waals surface area contributed by atoms with Crippen molar-refractivity contribution in [3.8, 4) is 5.75 Å². The van der Waals surface area contributed by atoms with Gasteiger partial charge in [-0.1, -0.05) is 25.1 Å². The zero-order chi connectivity index (χ0) is 20.8. The first-order valence-electron chi connectivity index (χ1n) is 10.0. The van der Waals surface area contributed by atoms with Crippen molar-refractivity contribution in [3.63, 3.8) is 0 Å². The number of nitrogens with zero attached hydrogens (tertiary/aromatic N) is 2. The number of carbonyl (C=O) groups excluding carboxylic acids is 2. The molecule has 0 saturated carbocycles. The summed E-state index contributed by atoms with van der Waals surface area (Å²) in [5, 5.41) is 1.27. The van der Waals surface area contributed by atoms with E-state index in [2.05, 4.69) is 24.2 Å². The highest BCUT2D eigenvalue weighted by molar-refractivity contribution is 6.31. The number of para-hydroxylation sites is 1. The molecular formula is C23H27N3O3. The fraction of sp³-hybridized carbons (Fsp3) is 0.304. The lowest BCUT2D eigenvalue weighted by molar-refractivity contribution is -0.117. The number of hydrogen-bond acceptors (Lipinski definition) is 4. The van der Waals surface area contributed by atoms with Crippen LogP contribution in [0.2, 0.25) is 0 Å². The number of nitrogens with one attached hydrogen (secondary N) is 1. The Hall–Kier alpha value is -3.28. The Bertz CT molecular complexity index is 905. The minimum Gasteiger partial charge on any atom is -0.493 e. The van der Waals surface area contributed by atoms with Crippen molar-refractivity contribution in [2.24, 2.45) is 0 Å². The number of amides is 2. The SMILES string of the molecule is CCCOc1cc(N(CC)CC)ccc1C=C1C(=O)NN(c2ccccc2)C1=O. The van der Waals surface area contributed by atoms with Crippen molar-refractivity contribution in [1.82, 2.24) is 5.43 Å². The van der Waals surface area contributed by atoms with Gasteiger partial charge in [0.15, 0.2) is 0 Å². The molecule has 2 amide bonds. The normalized spacial score (nSPS) is 15.0. The molecule has 0 spiro atoms. The van der Waals surface area contributed by atoms with Crippen LogP contribution in [0.5, 0.6) is 5.75 Å². The third-order valence-electron chi connectivity index (χ3n) is 4.79. The lowest BCUT2D eigenvalue weighted by Crippen LogP contribution is -2.35. The molecule has 6 heteroatoms. The zero-order valence-corrected chi connectivity index (χ0v) is 17.1. The van der Waals surface area contributed by atoms with Crippen LogP contribution in [0.25, 0.3) is 6.08 Å². The van der Waals surface area contributed by atoms with Gasteiger partial charge in [0.05, 0.1) is 12.3 Å². The van der Waals surface area contributed by atoms with Crippen molar-refractivity contribution in [2.45, 2.75) is 27.2 Å². The van der Waals surface area contributed by atoms with Crippen molar-refractivity contribution in [2.75, 3.05) is 29.6 Å². The summed E-state index contributed by atoms with van der Waals surface area (Å²) in [5.41, 5.74) is 5.10. The Morgan fingerprint density at radius 3 is 2.41 bits per heavy atom.